The predicted molar refractivity (Wildman–Crippen MR) is 136 cm³/mol. The third-order valence-corrected chi connectivity index (χ3v) is 6.70. The molecule has 2 amide bonds. The van der Waals surface area contributed by atoms with Gasteiger partial charge in [-0.1, -0.05) is 13.0 Å². The molecule has 1 saturated carbocycles. The van der Waals surface area contributed by atoms with Gasteiger partial charge in [-0.15, -0.1) is 0 Å². The second kappa shape index (κ2) is 11.9. The van der Waals surface area contributed by atoms with Gasteiger partial charge in [0.15, 0.2) is 0 Å². The van der Waals surface area contributed by atoms with Gasteiger partial charge in [0.2, 0.25) is 11.8 Å². The number of carboxylic acid groups (broad SMARTS) is 1. The lowest BCUT2D eigenvalue weighted by molar-refractivity contribution is -0.138. The van der Waals surface area contributed by atoms with Gasteiger partial charge in [-0.3, -0.25) is 9.59 Å². The summed E-state index contributed by atoms with van der Waals surface area (Å²) in [6.07, 6.45) is -1.45. The molecule has 0 spiro atoms. The summed E-state index contributed by atoms with van der Waals surface area (Å²) in [5, 5.41) is 12.4. The highest BCUT2D eigenvalue weighted by atomic mass is 19.4. The first-order valence-corrected chi connectivity index (χ1v) is 12.6. The van der Waals surface area contributed by atoms with Crippen molar-refractivity contribution in [1.29, 1.82) is 0 Å². The number of carboxylic acids is 1. The summed E-state index contributed by atoms with van der Waals surface area (Å²) in [7, 11) is 0. The Bertz CT molecular complexity index is 1190. The number of nitrogens with zero attached hydrogens (tertiary/aromatic N) is 1. The summed E-state index contributed by atoms with van der Waals surface area (Å²) in [4.78, 5) is 38.2. The van der Waals surface area contributed by atoms with Crippen LogP contribution in [0.4, 0.5) is 18.9 Å². The molecule has 0 atom stereocenters. The summed E-state index contributed by atoms with van der Waals surface area (Å²) in [5.74, 6) is -2.17. The van der Waals surface area contributed by atoms with E-state index in [9.17, 15) is 32.7 Å². The number of carbonyl (C=O) groups is 3. The molecule has 206 valence electrons. The molecule has 0 bridgehead atoms. The maximum Gasteiger partial charge on any atom is 0.419 e. The van der Waals surface area contributed by atoms with Crippen LogP contribution < -0.4 is 15.0 Å². The lowest BCUT2D eigenvalue weighted by atomic mass is 9.82. The maximum atomic E-state index is 13.8. The van der Waals surface area contributed by atoms with E-state index in [-0.39, 0.29) is 52.9 Å². The Kier molecular flexibility index (Phi) is 9.06. The van der Waals surface area contributed by atoms with Crippen molar-refractivity contribution in [2.24, 2.45) is 11.8 Å². The van der Waals surface area contributed by atoms with Gasteiger partial charge in [0, 0.05) is 25.4 Å². The Labute approximate surface area is 220 Å². The largest absolute Gasteiger partial charge is 0.478 e. The molecule has 3 rings (SSSR count). The minimum absolute atomic E-state index is 0.0878. The Morgan fingerprint density at radius 1 is 1.08 bits per heavy atom. The van der Waals surface area contributed by atoms with Crippen LogP contribution in [0.2, 0.25) is 0 Å². The number of benzene rings is 2. The first-order chi connectivity index (χ1) is 17.8. The molecule has 2 N–H and O–H groups in total. The molecule has 1 aliphatic carbocycles. The van der Waals surface area contributed by atoms with Crippen LogP contribution in [0.25, 0.3) is 0 Å². The lowest BCUT2D eigenvalue weighted by Gasteiger charge is -2.34. The highest BCUT2D eigenvalue weighted by Gasteiger charge is 2.36. The van der Waals surface area contributed by atoms with Crippen molar-refractivity contribution >= 4 is 23.5 Å². The summed E-state index contributed by atoms with van der Waals surface area (Å²) in [6.45, 7) is 6.89. The van der Waals surface area contributed by atoms with Crippen LogP contribution in [0, 0.1) is 11.8 Å². The molecule has 2 aromatic rings. The van der Waals surface area contributed by atoms with Crippen LogP contribution in [0.5, 0.6) is 11.5 Å². The molecule has 0 aromatic heterocycles. The lowest BCUT2D eigenvalue weighted by Crippen LogP contribution is -2.42. The van der Waals surface area contributed by atoms with Gasteiger partial charge < -0.3 is 20.1 Å². The number of hydrogen-bond acceptors (Lipinski definition) is 4. The van der Waals surface area contributed by atoms with Gasteiger partial charge in [0.25, 0.3) is 0 Å². The fourth-order valence-corrected chi connectivity index (χ4v) is 4.67. The molecule has 1 aliphatic rings. The second-order valence-corrected chi connectivity index (χ2v) is 10.1. The SMILES string of the molecule is CC(=O)NCc1ccc(Oc2ccc(N(C(=O)C3CCC(C)CC3)C(C)C)c(C(=O)O)c2)c(C(F)(F)F)c1. The van der Waals surface area contributed by atoms with Crippen molar-refractivity contribution in [3.63, 3.8) is 0 Å². The van der Waals surface area contributed by atoms with Crippen LogP contribution in [-0.4, -0.2) is 28.9 Å². The van der Waals surface area contributed by atoms with E-state index in [2.05, 4.69) is 12.2 Å². The second-order valence-electron chi connectivity index (χ2n) is 10.1. The average molecular weight is 535 g/mol. The van der Waals surface area contributed by atoms with E-state index < -0.39 is 23.5 Å². The first-order valence-electron chi connectivity index (χ1n) is 12.6. The van der Waals surface area contributed by atoms with E-state index in [0.29, 0.717) is 5.92 Å². The van der Waals surface area contributed by atoms with Crippen molar-refractivity contribution in [1.82, 2.24) is 5.32 Å². The van der Waals surface area contributed by atoms with Crippen LogP contribution in [0.15, 0.2) is 36.4 Å². The fourth-order valence-electron chi connectivity index (χ4n) is 4.67. The van der Waals surface area contributed by atoms with Gasteiger partial charge in [0.05, 0.1) is 16.8 Å². The van der Waals surface area contributed by atoms with Crippen LogP contribution >= 0.6 is 0 Å². The van der Waals surface area contributed by atoms with Gasteiger partial charge in [-0.05, 0) is 81.3 Å². The third kappa shape index (κ3) is 7.05. The minimum Gasteiger partial charge on any atom is -0.478 e. The molecule has 38 heavy (non-hydrogen) atoms. The number of ether oxygens (including phenoxy) is 1. The van der Waals surface area contributed by atoms with Crippen molar-refractivity contribution in [2.75, 3.05) is 4.90 Å². The van der Waals surface area contributed by atoms with Crippen LogP contribution in [0.3, 0.4) is 0 Å². The van der Waals surface area contributed by atoms with E-state index in [1.54, 1.807) is 13.8 Å². The molecular weight excluding hydrogens is 501 g/mol. The summed E-state index contributed by atoms with van der Waals surface area (Å²) < 4.78 is 46.9. The van der Waals surface area contributed by atoms with E-state index in [1.165, 1.54) is 30.0 Å². The molecule has 0 aliphatic heterocycles. The van der Waals surface area contributed by atoms with Crippen LogP contribution in [0.1, 0.15) is 74.9 Å². The Balaban J connectivity index is 1.95. The number of anilines is 1. The smallest absolute Gasteiger partial charge is 0.419 e. The number of alkyl halides is 3. The number of nitrogens with one attached hydrogen (secondary N) is 1. The summed E-state index contributed by atoms with van der Waals surface area (Å²) in [6, 6.07) is 6.95. The Morgan fingerprint density at radius 2 is 1.74 bits per heavy atom. The van der Waals surface area contributed by atoms with Gasteiger partial charge in [-0.25, -0.2) is 4.79 Å². The number of rotatable bonds is 8. The molecule has 0 saturated heterocycles. The topological polar surface area (TPSA) is 95.9 Å². The monoisotopic (exact) mass is 534 g/mol. The van der Waals surface area contributed by atoms with Crippen molar-refractivity contribution in [3.05, 3.63) is 53.1 Å². The quantitative estimate of drug-likeness (QED) is 0.409. The van der Waals surface area contributed by atoms with Crippen LogP contribution in [-0.2, 0) is 22.3 Å². The van der Waals surface area contributed by atoms with E-state index in [1.807, 2.05) is 0 Å². The first kappa shape index (κ1) is 29.0. The third-order valence-electron chi connectivity index (χ3n) is 6.70. The fraction of sp³-hybridized carbons (Fsp3) is 0.464. The summed E-state index contributed by atoms with van der Waals surface area (Å²) in [5.41, 5.74) is -0.911. The van der Waals surface area contributed by atoms with E-state index >= 15 is 0 Å². The molecule has 1 fully saturated rings. The van der Waals surface area contributed by atoms with E-state index in [4.69, 9.17) is 4.74 Å². The Morgan fingerprint density at radius 3 is 2.29 bits per heavy atom. The predicted octanol–water partition coefficient (Wildman–Crippen LogP) is 6.40. The Hall–Kier alpha value is -3.56. The van der Waals surface area contributed by atoms with Gasteiger partial charge in [-0.2, -0.15) is 13.2 Å². The highest BCUT2D eigenvalue weighted by molar-refractivity contribution is 6.03. The van der Waals surface area contributed by atoms with Crippen molar-refractivity contribution < 1.29 is 37.4 Å². The van der Waals surface area contributed by atoms with Gasteiger partial charge >= 0.3 is 12.1 Å². The molecular formula is C28H33F3N2O5. The number of aromatic carboxylic acids is 1. The number of amides is 2. The standard InChI is InChI=1S/C28H33F3N2O5/c1-16(2)33(26(35)20-8-5-17(3)6-9-20)24-11-10-21(14-22(24)27(36)37)38-25-12-7-19(15-32-18(4)34)13-23(25)28(29,30)31/h7,10-14,16-17,20H,5-6,8-9,15H2,1-4H3,(H,32,34)(H,36,37). The highest BCUT2D eigenvalue weighted by Crippen LogP contribution is 2.40. The molecule has 2 aromatic carbocycles. The average Bonchev–Trinajstić information content (AvgIpc) is 2.83. The zero-order valence-corrected chi connectivity index (χ0v) is 21.9. The van der Waals surface area contributed by atoms with E-state index in [0.717, 1.165) is 43.9 Å². The molecule has 0 radical (unpaired) electrons. The summed E-state index contributed by atoms with van der Waals surface area (Å²) >= 11 is 0. The van der Waals surface area contributed by atoms with Gasteiger partial charge in [0.1, 0.15) is 11.5 Å². The van der Waals surface area contributed by atoms with Crippen molar-refractivity contribution in [3.8, 4) is 11.5 Å². The molecule has 7 nitrogen and oxygen atoms in total. The zero-order chi connectivity index (χ0) is 28.2. The molecule has 0 heterocycles. The number of hydrogen-bond donors (Lipinski definition) is 2. The normalized spacial score (nSPS) is 17.7. The number of halogens is 3. The molecule has 0 unspecified atom stereocenters. The minimum atomic E-state index is -4.75. The number of carbonyl (C=O) groups excluding carboxylic acids is 2. The van der Waals surface area contributed by atoms with Crippen molar-refractivity contribution in [2.45, 2.75) is 72.1 Å². The zero-order valence-electron chi connectivity index (χ0n) is 21.9. The molecule has 10 heteroatoms. The maximum absolute atomic E-state index is 13.8.